The Bertz CT molecular complexity index is 365. The molecular formula is C12H13Br2F. The van der Waals surface area contributed by atoms with Crippen LogP contribution in [0.5, 0.6) is 0 Å². The molecule has 0 bridgehead atoms. The van der Waals surface area contributed by atoms with Crippen molar-refractivity contribution in [3.8, 4) is 0 Å². The Balaban J connectivity index is 2.33. The van der Waals surface area contributed by atoms with E-state index in [-0.39, 0.29) is 5.82 Å². The van der Waals surface area contributed by atoms with E-state index >= 15 is 0 Å². The highest BCUT2D eigenvalue weighted by molar-refractivity contribution is 9.10. The van der Waals surface area contributed by atoms with Crippen molar-refractivity contribution < 1.29 is 4.39 Å². The lowest BCUT2D eigenvalue weighted by atomic mass is 9.90. The molecule has 2 rings (SSSR count). The molecule has 3 heteroatoms. The van der Waals surface area contributed by atoms with E-state index in [0.29, 0.717) is 16.7 Å². The fraction of sp³-hybridized carbons (Fsp3) is 0.500. The Morgan fingerprint density at radius 2 is 2.07 bits per heavy atom. The zero-order chi connectivity index (χ0) is 11.0. The van der Waals surface area contributed by atoms with Crippen LogP contribution in [0.15, 0.2) is 22.7 Å². The predicted molar refractivity (Wildman–Crippen MR) is 68.0 cm³/mol. The molecular weight excluding hydrogens is 323 g/mol. The van der Waals surface area contributed by atoms with Gasteiger partial charge in [0, 0.05) is 9.30 Å². The molecule has 0 aromatic heterocycles. The van der Waals surface area contributed by atoms with E-state index in [9.17, 15) is 4.39 Å². The maximum atomic E-state index is 13.7. The topological polar surface area (TPSA) is 0 Å². The van der Waals surface area contributed by atoms with Gasteiger partial charge in [0.15, 0.2) is 0 Å². The first-order valence-corrected chi connectivity index (χ1v) is 6.89. The van der Waals surface area contributed by atoms with Crippen molar-refractivity contribution in [3.05, 3.63) is 34.1 Å². The van der Waals surface area contributed by atoms with Gasteiger partial charge in [0.25, 0.3) is 0 Å². The monoisotopic (exact) mass is 334 g/mol. The molecule has 0 nitrogen and oxygen atoms in total. The largest absolute Gasteiger partial charge is 0.207 e. The third-order valence-electron chi connectivity index (χ3n) is 3.32. The van der Waals surface area contributed by atoms with Gasteiger partial charge in [-0.05, 0) is 48.4 Å². The van der Waals surface area contributed by atoms with Gasteiger partial charge in [-0.2, -0.15) is 0 Å². The summed E-state index contributed by atoms with van der Waals surface area (Å²) in [7, 11) is 0. The Morgan fingerprint density at radius 3 is 2.67 bits per heavy atom. The molecule has 0 saturated heterocycles. The Labute approximate surface area is 107 Å². The fourth-order valence-corrected chi connectivity index (χ4v) is 3.37. The molecule has 15 heavy (non-hydrogen) atoms. The molecule has 0 heterocycles. The van der Waals surface area contributed by atoms with Gasteiger partial charge in [0.05, 0.1) is 0 Å². The Hall–Kier alpha value is 0.110. The van der Waals surface area contributed by atoms with Crippen molar-refractivity contribution in [1.82, 2.24) is 0 Å². The van der Waals surface area contributed by atoms with Crippen LogP contribution in [-0.4, -0.2) is 4.83 Å². The van der Waals surface area contributed by atoms with E-state index in [4.69, 9.17) is 0 Å². The number of alkyl halides is 1. The van der Waals surface area contributed by atoms with Crippen molar-refractivity contribution >= 4 is 31.9 Å². The molecule has 1 fully saturated rings. The number of hydrogen-bond donors (Lipinski definition) is 0. The maximum Gasteiger partial charge on any atom is 0.126 e. The summed E-state index contributed by atoms with van der Waals surface area (Å²) in [6, 6.07) is 5.22. The van der Waals surface area contributed by atoms with Crippen LogP contribution >= 0.6 is 31.9 Å². The molecule has 3 atom stereocenters. The summed E-state index contributed by atoms with van der Waals surface area (Å²) in [6.45, 7) is 2.19. The van der Waals surface area contributed by atoms with Crippen LogP contribution in [0.2, 0.25) is 0 Å². The van der Waals surface area contributed by atoms with Gasteiger partial charge in [-0.25, -0.2) is 4.39 Å². The van der Waals surface area contributed by atoms with E-state index in [0.717, 1.165) is 22.9 Å². The van der Waals surface area contributed by atoms with Crippen LogP contribution in [0, 0.1) is 11.7 Å². The number of hydrogen-bond acceptors (Lipinski definition) is 0. The van der Waals surface area contributed by atoms with Crippen molar-refractivity contribution in [1.29, 1.82) is 0 Å². The van der Waals surface area contributed by atoms with Crippen molar-refractivity contribution in [2.45, 2.75) is 30.5 Å². The number of rotatable bonds is 1. The molecule has 1 saturated carbocycles. The first-order valence-electron chi connectivity index (χ1n) is 5.18. The molecule has 1 aromatic rings. The second-order valence-corrected chi connectivity index (χ2v) is 6.32. The van der Waals surface area contributed by atoms with Crippen molar-refractivity contribution in [3.63, 3.8) is 0 Å². The quantitative estimate of drug-likeness (QED) is 0.642. The highest BCUT2D eigenvalue weighted by Gasteiger charge is 2.33. The second-order valence-electron chi connectivity index (χ2n) is 4.22. The van der Waals surface area contributed by atoms with E-state index in [1.54, 1.807) is 12.1 Å². The molecule has 1 aliphatic carbocycles. The molecule has 0 radical (unpaired) electrons. The van der Waals surface area contributed by atoms with Gasteiger partial charge in [-0.3, -0.25) is 0 Å². The second kappa shape index (κ2) is 4.54. The summed E-state index contributed by atoms with van der Waals surface area (Å²) >= 11 is 7.05. The average Bonchev–Trinajstić information content (AvgIpc) is 2.52. The summed E-state index contributed by atoms with van der Waals surface area (Å²) in [5.41, 5.74) is 0.860. The van der Waals surface area contributed by atoms with Gasteiger partial charge in [-0.1, -0.05) is 38.8 Å². The van der Waals surface area contributed by atoms with Gasteiger partial charge in [-0.15, -0.1) is 0 Å². The summed E-state index contributed by atoms with van der Waals surface area (Å²) in [5, 5.41) is 0. The summed E-state index contributed by atoms with van der Waals surface area (Å²) in [6.07, 6.45) is 2.21. The minimum Gasteiger partial charge on any atom is -0.207 e. The van der Waals surface area contributed by atoms with Crippen LogP contribution in [0.3, 0.4) is 0 Å². The Kier molecular flexibility index (Phi) is 3.51. The number of benzene rings is 1. The summed E-state index contributed by atoms with van der Waals surface area (Å²) in [5.74, 6) is 0.789. The van der Waals surface area contributed by atoms with Crippen LogP contribution in [0.4, 0.5) is 4.39 Å². The standard InChI is InChI=1S/C12H13Br2F/c1-7-9(3-4-11(7)14)10-6-8(13)2-5-12(10)15/h2,5-7,9,11H,3-4H2,1H3. The molecule has 0 amide bonds. The van der Waals surface area contributed by atoms with Crippen LogP contribution in [0.1, 0.15) is 31.2 Å². The molecule has 1 aliphatic rings. The van der Waals surface area contributed by atoms with Crippen LogP contribution in [0.25, 0.3) is 0 Å². The third-order valence-corrected chi connectivity index (χ3v) is 5.10. The van der Waals surface area contributed by atoms with Gasteiger partial charge in [0.2, 0.25) is 0 Å². The van der Waals surface area contributed by atoms with E-state index in [1.807, 2.05) is 6.07 Å². The highest BCUT2D eigenvalue weighted by Crippen LogP contribution is 2.44. The van der Waals surface area contributed by atoms with Gasteiger partial charge in [0.1, 0.15) is 5.82 Å². The molecule has 82 valence electrons. The highest BCUT2D eigenvalue weighted by atomic mass is 79.9. The SMILES string of the molecule is CC1C(Br)CCC1c1cc(Br)ccc1F. The fourth-order valence-electron chi connectivity index (χ4n) is 2.35. The number of halogens is 3. The molecule has 1 aromatic carbocycles. The van der Waals surface area contributed by atoms with Crippen LogP contribution in [-0.2, 0) is 0 Å². The van der Waals surface area contributed by atoms with E-state index in [1.165, 1.54) is 0 Å². The Morgan fingerprint density at radius 1 is 1.33 bits per heavy atom. The summed E-state index contributed by atoms with van der Waals surface area (Å²) in [4.78, 5) is 0.529. The zero-order valence-corrected chi connectivity index (χ0v) is 11.7. The molecule has 3 unspecified atom stereocenters. The lowest BCUT2D eigenvalue weighted by Crippen LogP contribution is -2.10. The van der Waals surface area contributed by atoms with Gasteiger partial charge >= 0.3 is 0 Å². The van der Waals surface area contributed by atoms with Crippen LogP contribution < -0.4 is 0 Å². The van der Waals surface area contributed by atoms with E-state index < -0.39 is 0 Å². The van der Waals surface area contributed by atoms with Gasteiger partial charge < -0.3 is 0 Å². The van der Waals surface area contributed by atoms with E-state index in [2.05, 4.69) is 38.8 Å². The average molecular weight is 336 g/mol. The zero-order valence-electron chi connectivity index (χ0n) is 8.51. The maximum absolute atomic E-state index is 13.7. The molecule has 0 aliphatic heterocycles. The lowest BCUT2D eigenvalue weighted by Gasteiger charge is -2.18. The van der Waals surface area contributed by atoms with Crippen molar-refractivity contribution in [2.75, 3.05) is 0 Å². The predicted octanol–water partition coefficient (Wildman–Crippen LogP) is 4.87. The normalized spacial score (nSPS) is 30.8. The smallest absolute Gasteiger partial charge is 0.126 e. The van der Waals surface area contributed by atoms with Crippen molar-refractivity contribution in [2.24, 2.45) is 5.92 Å². The minimum absolute atomic E-state index is 0.0725. The minimum atomic E-state index is -0.0725. The first-order chi connectivity index (χ1) is 7.09. The lowest BCUT2D eigenvalue weighted by molar-refractivity contribution is 0.508. The molecule has 0 N–H and O–H groups in total. The summed E-state index contributed by atoms with van der Waals surface area (Å²) < 4.78 is 14.6. The molecule has 0 spiro atoms. The third kappa shape index (κ3) is 2.28. The first kappa shape index (κ1) is 11.6.